The van der Waals surface area contributed by atoms with Crippen LogP contribution in [0, 0.1) is 13.8 Å². The van der Waals surface area contributed by atoms with Gasteiger partial charge in [-0.15, -0.1) is 0 Å². The molecule has 0 aliphatic heterocycles. The van der Waals surface area contributed by atoms with E-state index >= 15 is 0 Å². The van der Waals surface area contributed by atoms with E-state index in [-0.39, 0.29) is 22.9 Å². The molecule has 2 aromatic rings. The number of pyridine rings is 1. The fourth-order valence-corrected chi connectivity index (χ4v) is 1.54. The molecule has 5 nitrogen and oxygen atoms in total. The molecule has 0 aromatic carbocycles. The topological polar surface area (TPSA) is 59.0 Å². The van der Waals surface area contributed by atoms with Crippen molar-refractivity contribution in [3.8, 4) is 0 Å². The molecule has 1 amide bonds. The Morgan fingerprint density at radius 2 is 2.05 bits per heavy atom. The second kappa shape index (κ2) is 7.04. The number of hydrogen-bond acceptors (Lipinski definition) is 3. The van der Waals surface area contributed by atoms with Crippen LogP contribution in [-0.2, 0) is 11.3 Å². The van der Waals surface area contributed by atoms with Crippen molar-refractivity contribution in [3.05, 3.63) is 41.9 Å². The summed E-state index contributed by atoms with van der Waals surface area (Å²) in [6.07, 6.45) is 4.32. The quantitative estimate of drug-likeness (QED) is 0.704. The predicted molar refractivity (Wildman–Crippen MR) is 65.9 cm³/mol. The summed E-state index contributed by atoms with van der Waals surface area (Å²) in [5.74, 6) is 1.07. The number of aryl methyl sites for hydroxylation is 3. The maximum Gasteiger partial charge on any atom is 0.232 e. The first kappa shape index (κ1) is 15.4. The van der Waals surface area contributed by atoms with Gasteiger partial charge in [0.2, 0.25) is 5.91 Å². The van der Waals surface area contributed by atoms with Gasteiger partial charge in [0.15, 0.2) is 24.8 Å². The van der Waals surface area contributed by atoms with Gasteiger partial charge in [-0.2, -0.15) is 0 Å². The van der Waals surface area contributed by atoms with Gasteiger partial charge >= 0.3 is 0 Å². The Morgan fingerprint density at radius 3 is 2.63 bits per heavy atom. The second-order valence-electron chi connectivity index (χ2n) is 4.23. The van der Waals surface area contributed by atoms with Crippen LogP contribution in [0.25, 0.3) is 0 Å². The van der Waals surface area contributed by atoms with E-state index in [1.807, 2.05) is 36.0 Å². The van der Waals surface area contributed by atoms with E-state index in [4.69, 9.17) is 4.52 Å². The van der Waals surface area contributed by atoms with E-state index in [9.17, 15) is 4.79 Å². The van der Waals surface area contributed by atoms with Crippen molar-refractivity contribution < 1.29 is 30.9 Å². The summed E-state index contributed by atoms with van der Waals surface area (Å²) in [5, 5.41) is 6.40. The van der Waals surface area contributed by atoms with Crippen molar-refractivity contribution in [2.24, 2.45) is 0 Å². The molecule has 0 bridgehead atoms. The van der Waals surface area contributed by atoms with Crippen molar-refractivity contribution >= 4 is 11.7 Å². The molecule has 19 heavy (non-hydrogen) atoms. The molecule has 0 radical (unpaired) electrons. The predicted octanol–water partition coefficient (Wildman–Crippen LogP) is -1.39. The largest absolute Gasteiger partial charge is 1.00 e. The Kier molecular flexibility index (Phi) is 5.69. The summed E-state index contributed by atoms with van der Waals surface area (Å²) in [4.78, 5) is 11.7. The van der Waals surface area contributed by atoms with Crippen LogP contribution in [0.5, 0.6) is 0 Å². The standard InChI is InChI=1S/C13H15N3O2.BrH/c1-10-3-6-16(7-4-10)8-5-13(17)14-12-9-11(2)18-15-12;/h3-4,6-7,9H,5,8H2,1-2H3;1H. The third kappa shape index (κ3) is 4.82. The SMILES string of the molecule is Cc1cc[n+](CCC(=O)Nc2cc(C)on2)cc1.[Br-]. The van der Waals surface area contributed by atoms with Crippen molar-refractivity contribution in [2.75, 3.05) is 5.32 Å². The highest BCUT2D eigenvalue weighted by atomic mass is 79.9. The molecule has 0 aliphatic carbocycles. The minimum Gasteiger partial charge on any atom is -1.00 e. The van der Waals surface area contributed by atoms with E-state index in [0.717, 1.165) is 0 Å². The lowest BCUT2D eigenvalue weighted by Crippen LogP contribution is -3.00. The Labute approximate surface area is 122 Å². The molecule has 0 saturated heterocycles. The van der Waals surface area contributed by atoms with Crippen LogP contribution in [-0.4, -0.2) is 11.1 Å². The average molecular weight is 326 g/mol. The smallest absolute Gasteiger partial charge is 0.232 e. The molecule has 1 N–H and O–H groups in total. The van der Waals surface area contributed by atoms with Crippen LogP contribution in [0.2, 0.25) is 0 Å². The number of halogens is 1. The van der Waals surface area contributed by atoms with E-state index in [2.05, 4.69) is 10.5 Å². The fraction of sp³-hybridized carbons (Fsp3) is 0.308. The highest BCUT2D eigenvalue weighted by Crippen LogP contribution is 2.07. The average Bonchev–Trinajstić information content (AvgIpc) is 2.74. The fourth-order valence-electron chi connectivity index (χ4n) is 1.54. The third-order valence-corrected chi connectivity index (χ3v) is 2.55. The Balaban J connectivity index is 0.00000180. The first-order valence-electron chi connectivity index (χ1n) is 5.82. The van der Waals surface area contributed by atoms with Crippen molar-refractivity contribution in [1.82, 2.24) is 5.16 Å². The van der Waals surface area contributed by atoms with Gasteiger partial charge in [-0.3, -0.25) is 4.79 Å². The van der Waals surface area contributed by atoms with Crippen molar-refractivity contribution in [2.45, 2.75) is 26.8 Å². The van der Waals surface area contributed by atoms with Crippen molar-refractivity contribution in [1.29, 1.82) is 0 Å². The molecule has 102 valence electrons. The highest BCUT2D eigenvalue weighted by molar-refractivity contribution is 5.89. The number of nitrogens with zero attached hydrogens (tertiary/aromatic N) is 2. The van der Waals surface area contributed by atoms with Gasteiger partial charge in [0.25, 0.3) is 0 Å². The van der Waals surface area contributed by atoms with Gasteiger partial charge in [-0.05, 0) is 19.4 Å². The number of carbonyl (C=O) groups is 1. The van der Waals surface area contributed by atoms with Crippen LogP contribution in [0.4, 0.5) is 5.82 Å². The number of rotatable bonds is 4. The lowest BCUT2D eigenvalue weighted by Gasteiger charge is -1.99. The molecule has 0 aliphatic rings. The molecule has 6 heteroatoms. The zero-order chi connectivity index (χ0) is 13.0. The molecule has 2 rings (SSSR count). The van der Waals surface area contributed by atoms with E-state index in [1.165, 1.54) is 5.56 Å². The lowest BCUT2D eigenvalue weighted by atomic mass is 10.3. The number of hydrogen-bond donors (Lipinski definition) is 1. The van der Waals surface area contributed by atoms with Crippen LogP contribution in [0.1, 0.15) is 17.7 Å². The second-order valence-corrected chi connectivity index (χ2v) is 4.23. The summed E-state index contributed by atoms with van der Waals surface area (Å²) >= 11 is 0. The van der Waals surface area contributed by atoms with Gasteiger partial charge in [-0.25, -0.2) is 4.57 Å². The number of anilines is 1. The number of aromatic nitrogens is 2. The van der Waals surface area contributed by atoms with E-state index < -0.39 is 0 Å². The summed E-state index contributed by atoms with van der Waals surface area (Å²) < 4.78 is 6.84. The van der Waals surface area contributed by atoms with Gasteiger partial charge in [0, 0.05) is 18.2 Å². The molecule has 2 aromatic heterocycles. The van der Waals surface area contributed by atoms with E-state index in [0.29, 0.717) is 24.5 Å². The Bertz CT molecular complexity index is 537. The van der Waals surface area contributed by atoms with Crippen LogP contribution in [0.15, 0.2) is 35.1 Å². The van der Waals surface area contributed by atoms with Crippen LogP contribution < -0.4 is 26.9 Å². The van der Waals surface area contributed by atoms with E-state index in [1.54, 1.807) is 13.0 Å². The molecule has 0 spiro atoms. The number of amides is 1. The molecule has 0 atom stereocenters. The van der Waals surface area contributed by atoms with Crippen LogP contribution in [0.3, 0.4) is 0 Å². The first-order valence-corrected chi connectivity index (χ1v) is 5.82. The summed E-state index contributed by atoms with van der Waals surface area (Å²) in [5.41, 5.74) is 1.20. The third-order valence-electron chi connectivity index (χ3n) is 2.55. The highest BCUT2D eigenvalue weighted by Gasteiger charge is 2.09. The molecule has 0 unspecified atom stereocenters. The zero-order valence-corrected chi connectivity index (χ0v) is 12.5. The monoisotopic (exact) mass is 325 g/mol. The summed E-state index contributed by atoms with van der Waals surface area (Å²) in [7, 11) is 0. The minimum absolute atomic E-state index is 0. The molecule has 2 heterocycles. The first-order chi connectivity index (χ1) is 8.63. The van der Waals surface area contributed by atoms with Gasteiger partial charge in [-0.1, -0.05) is 5.16 Å². The van der Waals surface area contributed by atoms with Crippen LogP contribution >= 0.6 is 0 Å². The molecular formula is C13H16BrN3O2. The summed E-state index contributed by atoms with van der Waals surface area (Å²) in [6.45, 7) is 4.46. The molecule has 0 fully saturated rings. The normalized spacial score (nSPS) is 9.79. The number of carbonyl (C=O) groups excluding carboxylic acids is 1. The maximum absolute atomic E-state index is 11.7. The summed E-state index contributed by atoms with van der Waals surface area (Å²) in [6, 6.07) is 5.72. The molecular weight excluding hydrogens is 310 g/mol. The van der Waals surface area contributed by atoms with Gasteiger partial charge < -0.3 is 26.8 Å². The maximum atomic E-state index is 11.7. The lowest BCUT2D eigenvalue weighted by molar-refractivity contribution is -0.695. The molecule has 0 saturated carbocycles. The minimum atomic E-state index is -0.0728. The number of nitrogens with one attached hydrogen (secondary N) is 1. The van der Waals surface area contributed by atoms with Gasteiger partial charge in [0.05, 0.1) is 6.42 Å². The zero-order valence-electron chi connectivity index (χ0n) is 10.9. The van der Waals surface area contributed by atoms with Crippen molar-refractivity contribution in [3.63, 3.8) is 0 Å². The Morgan fingerprint density at radius 1 is 1.37 bits per heavy atom. The van der Waals surface area contributed by atoms with Gasteiger partial charge in [0.1, 0.15) is 5.76 Å². The Hall–Kier alpha value is -1.69.